The molecule has 0 saturated heterocycles. The number of urea groups is 1. The number of hydrogen-bond donors (Lipinski definition) is 2. The molecule has 3 atom stereocenters. The lowest BCUT2D eigenvalue weighted by atomic mass is 9.99. The van der Waals surface area contributed by atoms with Crippen LogP contribution in [0.25, 0.3) is 0 Å². The number of aliphatic carboxylic acids is 1. The van der Waals surface area contributed by atoms with Crippen molar-refractivity contribution < 1.29 is 14.7 Å². The zero-order valence-corrected chi connectivity index (χ0v) is 11.3. The van der Waals surface area contributed by atoms with Crippen molar-refractivity contribution in [3.05, 3.63) is 0 Å². The molecule has 0 aliphatic rings. The van der Waals surface area contributed by atoms with E-state index >= 15 is 0 Å². The van der Waals surface area contributed by atoms with E-state index in [9.17, 15) is 9.59 Å². The molecule has 0 bridgehead atoms. The van der Waals surface area contributed by atoms with Crippen molar-refractivity contribution in [2.75, 3.05) is 7.05 Å². The zero-order valence-electron chi connectivity index (χ0n) is 11.3. The van der Waals surface area contributed by atoms with Gasteiger partial charge in [0.15, 0.2) is 0 Å². The van der Waals surface area contributed by atoms with E-state index in [1.54, 1.807) is 20.9 Å². The molecule has 0 aliphatic carbocycles. The number of nitriles is 1. The lowest BCUT2D eigenvalue weighted by molar-refractivity contribution is -0.140. The number of carbonyl (C=O) groups is 2. The van der Waals surface area contributed by atoms with Gasteiger partial charge in [0, 0.05) is 13.1 Å². The van der Waals surface area contributed by atoms with Gasteiger partial charge < -0.3 is 15.3 Å². The second kappa shape index (κ2) is 7.54. The van der Waals surface area contributed by atoms with Gasteiger partial charge in [-0.3, -0.25) is 0 Å². The average molecular weight is 255 g/mol. The van der Waals surface area contributed by atoms with Gasteiger partial charge in [0.05, 0.1) is 12.5 Å². The van der Waals surface area contributed by atoms with E-state index < -0.39 is 18.0 Å². The van der Waals surface area contributed by atoms with Crippen molar-refractivity contribution in [2.45, 2.75) is 45.7 Å². The molecule has 6 nitrogen and oxygen atoms in total. The Bertz CT molecular complexity index is 338. The maximum atomic E-state index is 11.8. The van der Waals surface area contributed by atoms with Gasteiger partial charge in [-0.1, -0.05) is 20.3 Å². The van der Waals surface area contributed by atoms with Gasteiger partial charge in [-0.05, 0) is 12.8 Å². The third-order valence-corrected chi connectivity index (χ3v) is 3.13. The van der Waals surface area contributed by atoms with Crippen molar-refractivity contribution in [3.8, 4) is 6.07 Å². The van der Waals surface area contributed by atoms with Crippen LogP contribution in [0.15, 0.2) is 0 Å². The highest BCUT2D eigenvalue weighted by Gasteiger charge is 2.27. The van der Waals surface area contributed by atoms with Gasteiger partial charge in [-0.15, -0.1) is 0 Å². The Labute approximate surface area is 108 Å². The predicted molar refractivity (Wildman–Crippen MR) is 66.9 cm³/mol. The quantitative estimate of drug-likeness (QED) is 0.750. The number of carbonyl (C=O) groups excluding carboxylic acids is 1. The van der Waals surface area contributed by atoms with Crippen LogP contribution in [0.1, 0.15) is 33.6 Å². The summed E-state index contributed by atoms with van der Waals surface area (Å²) in [7, 11) is 1.55. The lowest BCUT2D eigenvalue weighted by Gasteiger charge is -2.27. The number of hydrogen-bond acceptors (Lipinski definition) is 3. The Morgan fingerprint density at radius 3 is 2.39 bits per heavy atom. The molecule has 0 rings (SSSR count). The summed E-state index contributed by atoms with van der Waals surface area (Å²) < 4.78 is 0. The molecule has 0 fully saturated rings. The van der Waals surface area contributed by atoms with Crippen LogP contribution in [-0.4, -0.2) is 41.1 Å². The average Bonchev–Trinajstić information content (AvgIpc) is 2.33. The summed E-state index contributed by atoms with van der Waals surface area (Å²) >= 11 is 0. The molecule has 0 radical (unpaired) electrons. The van der Waals surface area contributed by atoms with E-state index in [0.29, 0.717) is 6.42 Å². The summed E-state index contributed by atoms with van der Waals surface area (Å²) in [4.78, 5) is 24.3. The van der Waals surface area contributed by atoms with Crippen LogP contribution in [0, 0.1) is 17.2 Å². The first-order valence-electron chi connectivity index (χ1n) is 5.98. The molecule has 18 heavy (non-hydrogen) atoms. The van der Waals surface area contributed by atoms with E-state index in [2.05, 4.69) is 5.32 Å². The molecule has 6 heteroatoms. The number of nitrogens with zero attached hydrogens (tertiary/aromatic N) is 2. The predicted octanol–water partition coefficient (Wildman–Crippen LogP) is 1.43. The first kappa shape index (κ1) is 16.2. The van der Waals surface area contributed by atoms with E-state index in [-0.39, 0.29) is 18.4 Å². The van der Waals surface area contributed by atoms with E-state index in [1.165, 1.54) is 4.90 Å². The van der Waals surface area contributed by atoms with Gasteiger partial charge in [0.25, 0.3) is 0 Å². The molecule has 0 aliphatic heterocycles. The van der Waals surface area contributed by atoms with Crippen molar-refractivity contribution in [1.82, 2.24) is 10.2 Å². The molecule has 0 aromatic heterocycles. The van der Waals surface area contributed by atoms with E-state index in [4.69, 9.17) is 10.4 Å². The normalized spacial score (nSPS) is 15.1. The summed E-state index contributed by atoms with van der Waals surface area (Å²) in [6.07, 6.45) is 0.875. The first-order chi connectivity index (χ1) is 8.34. The summed E-state index contributed by atoms with van der Waals surface area (Å²) in [5.41, 5.74) is 0. The van der Waals surface area contributed by atoms with Crippen molar-refractivity contribution in [1.29, 1.82) is 5.26 Å². The number of carboxylic acid groups (broad SMARTS) is 1. The Balaban J connectivity index is 4.61. The second-order valence-electron chi connectivity index (χ2n) is 4.47. The molecule has 2 unspecified atom stereocenters. The Hall–Kier alpha value is -1.77. The third kappa shape index (κ3) is 4.62. The topological polar surface area (TPSA) is 93.4 Å². The van der Waals surface area contributed by atoms with Crippen LogP contribution in [0.2, 0.25) is 0 Å². The molecule has 2 amide bonds. The molecule has 2 N–H and O–H groups in total. The van der Waals surface area contributed by atoms with E-state index in [1.807, 2.05) is 13.0 Å². The molecular weight excluding hydrogens is 234 g/mol. The minimum absolute atomic E-state index is 0.147. The SMILES string of the molecule is CCC(C)[C@H](NC(=O)N(C)C(C)CC#N)C(=O)O. The van der Waals surface area contributed by atoms with Crippen LogP contribution in [0.3, 0.4) is 0 Å². The summed E-state index contributed by atoms with van der Waals surface area (Å²) in [5.74, 6) is -1.19. The molecule has 0 heterocycles. The van der Waals surface area contributed by atoms with Gasteiger partial charge in [0.1, 0.15) is 6.04 Å². The van der Waals surface area contributed by atoms with Crippen LogP contribution in [-0.2, 0) is 4.79 Å². The Kier molecular flexibility index (Phi) is 6.79. The van der Waals surface area contributed by atoms with Crippen LogP contribution in [0.4, 0.5) is 4.79 Å². The number of amides is 2. The maximum absolute atomic E-state index is 11.8. The highest BCUT2D eigenvalue weighted by atomic mass is 16.4. The summed E-state index contributed by atoms with van der Waals surface area (Å²) in [5, 5.41) is 20.1. The largest absolute Gasteiger partial charge is 0.480 e. The van der Waals surface area contributed by atoms with Gasteiger partial charge in [0.2, 0.25) is 0 Å². The van der Waals surface area contributed by atoms with Crippen LogP contribution < -0.4 is 5.32 Å². The van der Waals surface area contributed by atoms with Crippen molar-refractivity contribution >= 4 is 12.0 Å². The minimum atomic E-state index is -1.04. The fraction of sp³-hybridized carbons (Fsp3) is 0.750. The fourth-order valence-electron chi connectivity index (χ4n) is 1.39. The fourth-order valence-corrected chi connectivity index (χ4v) is 1.39. The molecule has 0 aromatic carbocycles. The van der Waals surface area contributed by atoms with E-state index in [0.717, 1.165) is 0 Å². The number of carboxylic acids is 1. The van der Waals surface area contributed by atoms with Crippen molar-refractivity contribution in [2.24, 2.45) is 5.92 Å². The van der Waals surface area contributed by atoms with Gasteiger partial charge in [-0.25, -0.2) is 9.59 Å². The monoisotopic (exact) mass is 255 g/mol. The van der Waals surface area contributed by atoms with Crippen LogP contribution >= 0.6 is 0 Å². The van der Waals surface area contributed by atoms with Crippen LogP contribution in [0.5, 0.6) is 0 Å². The maximum Gasteiger partial charge on any atom is 0.326 e. The zero-order chi connectivity index (χ0) is 14.3. The summed E-state index contributed by atoms with van der Waals surface area (Å²) in [6, 6.07) is 0.356. The van der Waals surface area contributed by atoms with Gasteiger partial charge in [-0.2, -0.15) is 5.26 Å². The lowest BCUT2D eigenvalue weighted by Crippen LogP contribution is -2.51. The highest BCUT2D eigenvalue weighted by molar-refractivity contribution is 5.82. The number of rotatable bonds is 6. The number of nitrogens with one attached hydrogen (secondary N) is 1. The minimum Gasteiger partial charge on any atom is -0.480 e. The smallest absolute Gasteiger partial charge is 0.326 e. The third-order valence-electron chi connectivity index (χ3n) is 3.13. The standard InChI is InChI=1S/C12H21N3O3/c1-5-8(2)10(11(16)17)14-12(18)15(4)9(3)6-7-13/h8-10H,5-6H2,1-4H3,(H,14,18)(H,16,17)/t8?,9?,10-/m0/s1. The van der Waals surface area contributed by atoms with Crippen molar-refractivity contribution in [3.63, 3.8) is 0 Å². The Morgan fingerprint density at radius 1 is 1.44 bits per heavy atom. The molecule has 0 aromatic rings. The van der Waals surface area contributed by atoms with Gasteiger partial charge >= 0.3 is 12.0 Å². The summed E-state index contributed by atoms with van der Waals surface area (Å²) in [6.45, 7) is 5.38. The first-order valence-corrected chi connectivity index (χ1v) is 5.98. The molecule has 0 saturated carbocycles. The second-order valence-corrected chi connectivity index (χ2v) is 4.47. The molecule has 102 valence electrons. The Morgan fingerprint density at radius 2 is 2.00 bits per heavy atom. The molecular formula is C12H21N3O3. The molecule has 0 spiro atoms. The highest BCUT2D eigenvalue weighted by Crippen LogP contribution is 2.09.